The molecule has 0 radical (unpaired) electrons. The molecule has 2 aliphatic rings. The molecule has 1 atom stereocenters. The molecule has 0 unspecified atom stereocenters. The van der Waals surface area contributed by atoms with Gasteiger partial charge in [0, 0.05) is 39.4 Å². The van der Waals surface area contributed by atoms with E-state index in [1.807, 2.05) is 0 Å². The van der Waals surface area contributed by atoms with E-state index in [4.69, 9.17) is 14.2 Å². The van der Waals surface area contributed by atoms with Crippen molar-refractivity contribution in [1.29, 1.82) is 0 Å². The van der Waals surface area contributed by atoms with Crippen molar-refractivity contribution in [2.75, 3.05) is 46.1 Å². The van der Waals surface area contributed by atoms with Gasteiger partial charge in [-0.15, -0.1) is 0 Å². The van der Waals surface area contributed by atoms with Gasteiger partial charge in [-0.2, -0.15) is 5.10 Å². The molecule has 2 amide bonds. The molecule has 9 nitrogen and oxygen atoms in total. The van der Waals surface area contributed by atoms with E-state index in [0.29, 0.717) is 38.7 Å². The van der Waals surface area contributed by atoms with Gasteiger partial charge in [0.25, 0.3) is 11.8 Å². The largest absolute Gasteiger partial charge is 0.468 e. The average Bonchev–Trinajstić information content (AvgIpc) is 3.28. The van der Waals surface area contributed by atoms with Crippen LogP contribution < -0.4 is 10.1 Å². The summed E-state index contributed by atoms with van der Waals surface area (Å²) in [6.45, 7) is 3.38. The molecular weight excluding hydrogens is 328 g/mol. The molecule has 1 N–H and O–H groups in total. The second-order valence-electron chi connectivity index (χ2n) is 6.12. The van der Waals surface area contributed by atoms with E-state index in [9.17, 15) is 9.59 Å². The number of carbonyl (C=O) groups is 2. The second-order valence-corrected chi connectivity index (χ2v) is 6.12. The van der Waals surface area contributed by atoms with E-state index in [0.717, 1.165) is 19.4 Å². The van der Waals surface area contributed by atoms with Crippen molar-refractivity contribution < 1.29 is 23.8 Å². The van der Waals surface area contributed by atoms with Gasteiger partial charge in [-0.25, -0.2) is 4.68 Å². The lowest BCUT2D eigenvalue weighted by atomic mass is 10.2. The van der Waals surface area contributed by atoms with E-state index in [1.165, 1.54) is 10.7 Å². The monoisotopic (exact) mass is 352 g/mol. The molecule has 25 heavy (non-hydrogen) atoms. The Bertz CT molecular complexity index is 606. The topological polar surface area (TPSA) is 94.9 Å². The predicted molar refractivity (Wildman–Crippen MR) is 87.4 cm³/mol. The number of rotatable bonds is 6. The summed E-state index contributed by atoms with van der Waals surface area (Å²) in [5, 5.41) is 6.95. The molecule has 0 spiro atoms. The third kappa shape index (κ3) is 4.70. The highest BCUT2D eigenvalue weighted by molar-refractivity contribution is 5.92. The first-order chi connectivity index (χ1) is 12.1. The minimum Gasteiger partial charge on any atom is -0.468 e. The Balaban J connectivity index is 1.49. The summed E-state index contributed by atoms with van der Waals surface area (Å²) < 4.78 is 17.7. The molecule has 138 valence electrons. The van der Waals surface area contributed by atoms with Crippen molar-refractivity contribution in [3.05, 3.63) is 11.8 Å². The number of nitrogens with zero attached hydrogens (tertiary/aromatic N) is 3. The third-order valence-electron chi connectivity index (χ3n) is 4.29. The van der Waals surface area contributed by atoms with Crippen molar-refractivity contribution in [2.45, 2.75) is 18.9 Å². The molecule has 0 saturated carbocycles. The smallest absolute Gasteiger partial charge is 0.272 e. The van der Waals surface area contributed by atoms with Crippen LogP contribution in [0.3, 0.4) is 0 Å². The Morgan fingerprint density at radius 3 is 2.88 bits per heavy atom. The van der Waals surface area contributed by atoms with Crippen molar-refractivity contribution in [1.82, 2.24) is 20.0 Å². The minimum absolute atomic E-state index is 0.0783. The van der Waals surface area contributed by atoms with Gasteiger partial charge in [-0.3, -0.25) is 9.59 Å². The summed E-state index contributed by atoms with van der Waals surface area (Å²) in [6.07, 6.45) is 2.06. The number of nitrogens with one attached hydrogen (secondary N) is 1. The van der Waals surface area contributed by atoms with Gasteiger partial charge in [0.2, 0.25) is 5.88 Å². The highest BCUT2D eigenvalue weighted by Gasteiger charge is 2.20. The van der Waals surface area contributed by atoms with Crippen molar-refractivity contribution in [3.8, 4) is 5.88 Å². The van der Waals surface area contributed by atoms with Crippen LogP contribution in [0.1, 0.15) is 23.3 Å². The Labute approximate surface area is 146 Å². The standard InChI is InChI=1S/C16H24N4O5/c1-19-15(25-11-14(21)20-4-7-23-8-5-20)9-13(18-19)16(22)17-10-12-3-2-6-24-12/h9,12H,2-8,10-11H2,1H3,(H,17,22)/t12-/m0/s1. The van der Waals surface area contributed by atoms with Crippen LogP contribution in [0.2, 0.25) is 0 Å². The number of morpholine rings is 1. The predicted octanol–water partition coefficient (Wildman–Crippen LogP) is -0.433. The van der Waals surface area contributed by atoms with E-state index < -0.39 is 0 Å². The molecule has 2 aliphatic heterocycles. The first-order valence-corrected chi connectivity index (χ1v) is 8.55. The molecule has 1 aromatic heterocycles. The van der Waals surface area contributed by atoms with E-state index in [-0.39, 0.29) is 30.2 Å². The fourth-order valence-electron chi connectivity index (χ4n) is 2.84. The highest BCUT2D eigenvalue weighted by Crippen LogP contribution is 2.14. The zero-order valence-corrected chi connectivity index (χ0v) is 14.4. The molecule has 9 heteroatoms. The van der Waals surface area contributed by atoms with E-state index >= 15 is 0 Å². The average molecular weight is 352 g/mol. The normalized spacial score (nSPS) is 20.5. The van der Waals surface area contributed by atoms with Crippen molar-refractivity contribution in [3.63, 3.8) is 0 Å². The first-order valence-electron chi connectivity index (χ1n) is 8.55. The van der Waals surface area contributed by atoms with Crippen LogP contribution in [0.5, 0.6) is 5.88 Å². The van der Waals surface area contributed by atoms with Crippen molar-refractivity contribution >= 4 is 11.8 Å². The van der Waals surface area contributed by atoms with Gasteiger partial charge in [0.15, 0.2) is 12.3 Å². The number of carbonyl (C=O) groups excluding carboxylic acids is 2. The maximum Gasteiger partial charge on any atom is 0.272 e. The van der Waals surface area contributed by atoms with Crippen LogP contribution in [-0.2, 0) is 21.3 Å². The summed E-state index contributed by atoms with van der Waals surface area (Å²) in [4.78, 5) is 26.0. The van der Waals surface area contributed by atoms with Crippen LogP contribution >= 0.6 is 0 Å². The highest BCUT2D eigenvalue weighted by atomic mass is 16.5. The van der Waals surface area contributed by atoms with Crippen LogP contribution in [0.4, 0.5) is 0 Å². The Morgan fingerprint density at radius 1 is 1.36 bits per heavy atom. The van der Waals surface area contributed by atoms with Gasteiger partial charge in [0.05, 0.1) is 19.3 Å². The number of amides is 2. The molecule has 2 saturated heterocycles. The molecule has 3 rings (SSSR count). The first kappa shape index (κ1) is 17.7. The van der Waals surface area contributed by atoms with Gasteiger partial charge in [0.1, 0.15) is 0 Å². The maximum atomic E-state index is 12.2. The number of hydrogen-bond acceptors (Lipinski definition) is 6. The lowest BCUT2D eigenvalue weighted by Gasteiger charge is -2.26. The second kappa shape index (κ2) is 8.30. The molecule has 3 heterocycles. The lowest BCUT2D eigenvalue weighted by molar-refractivity contribution is -0.137. The van der Waals surface area contributed by atoms with Crippen molar-refractivity contribution in [2.24, 2.45) is 7.05 Å². The number of ether oxygens (including phenoxy) is 3. The summed E-state index contributed by atoms with van der Waals surface area (Å²) in [7, 11) is 1.67. The quantitative estimate of drug-likeness (QED) is 0.746. The minimum atomic E-state index is -0.277. The molecule has 0 aliphatic carbocycles. The SMILES string of the molecule is Cn1nc(C(=O)NC[C@@H]2CCCO2)cc1OCC(=O)N1CCOCC1. The zero-order chi connectivity index (χ0) is 17.6. The van der Waals surface area contributed by atoms with E-state index in [1.54, 1.807) is 11.9 Å². The van der Waals surface area contributed by atoms with E-state index in [2.05, 4.69) is 10.4 Å². The fourth-order valence-corrected chi connectivity index (χ4v) is 2.84. The van der Waals surface area contributed by atoms with Gasteiger partial charge >= 0.3 is 0 Å². The van der Waals surface area contributed by atoms with Gasteiger partial charge in [-0.05, 0) is 12.8 Å². The summed E-state index contributed by atoms with van der Waals surface area (Å²) >= 11 is 0. The number of aromatic nitrogens is 2. The van der Waals surface area contributed by atoms with Crippen LogP contribution in [-0.4, -0.2) is 78.7 Å². The van der Waals surface area contributed by atoms with Crippen LogP contribution in [0.25, 0.3) is 0 Å². The molecular formula is C16H24N4O5. The molecule has 0 bridgehead atoms. The number of aryl methyl sites for hydroxylation is 1. The fraction of sp³-hybridized carbons (Fsp3) is 0.688. The number of hydrogen-bond donors (Lipinski definition) is 1. The summed E-state index contributed by atoms with van der Waals surface area (Å²) in [5.74, 6) is -0.00165. The molecule has 1 aromatic rings. The van der Waals surface area contributed by atoms with Gasteiger partial charge < -0.3 is 24.4 Å². The Hall–Kier alpha value is -2.13. The zero-order valence-electron chi connectivity index (χ0n) is 14.4. The van der Waals surface area contributed by atoms with Crippen LogP contribution in [0, 0.1) is 0 Å². The third-order valence-corrected chi connectivity index (χ3v) is 4.29. The van der Waals surface area contributed by atoms with Gasteiger partial charge in [-0.1, -0.05) is 0 Å². The maximum absolute atomic E-state index is 12.2. The lowest BCUT2D eigenvalue weighted by Crippen LogP contribution is -2.43. The Kier molecular flexibility index (Phi) is 5.87. The summed E-state index contributed by atoms with van der Waals surface area (Å²) in [5.41, 5.74) is 0.259. The van der Waals surface area contributed by atoms with Crippen LogP contribution in [0.15, 0.2) is 6.07 Å². The summed E-state index contributed by atoms with van der Waals surface area (Å²) in [6, 6.07) is 1.54. The molecule has 0 aromatic carbocycles. The molecule has 2 fully saturated rings. The Morgan fingerprint density at radius 2 is 2.16 bits per heavy atom.